The number of phenolic OH excluding ortho intramolecular Hbond substituents is 1. The zero-order chi connectivity index (χ0) is 14.3. The van der Waals surface area contributed by atoms with Gasteiger partial charge in [0.1, 0.15) is 5.75 Å². The minimum Gasteiger partial charge on any atom is -0.508 e. The van der Waals surface area contributed by atoms with E-state index in [0.29, 0.717) is 0 Å². The molecule has 3 N–H and O–H groups in total. The number of carbonyl (C=O) groups excluding carboxylic acids is 1. The van der Waals surface area contributed by atoms with Crippen molar-refractivity contribution in [1.82, 2.24) is 0 Å². The van der Waals surface area contributed by atoms with E-state index < -0.39 is 40.7 Å². The van der Waals surface area contributed by atoms with Crippen molar-refractivity contribution in [3.63, 3.8) is 0 Å². The fraction of sp³-hybridized carbons (Fsp3) is 0.222. The number of nitrogens with two attached hydrogens (primary N) is 1. The minimum atomic E-state index is -5.43. The maximum absolute atomic E-state index is 12.5. The van der Waals surface area contributed by atoms with Gasteiger partial charge in [-0.1, -0.05) is 0 Å². The van der Waals surface area contributed by atoms with E-state index in [2.05, 4.69) is 5.73 Å². The topological polar surface area (TPSA) is 63.3 Å². The maximum atomic E-state index is 12.5. The average Bonchev–Trinajstić information content (AvgIpc) is 2.12. The lowest BCUT2D eigenvalue weighted by Crippen LogP contribution is -2.23. The summed E-state index contributed by atoms with van der Waals surface area (Å²) in [6.07, 6.45) is -10.8. The van der Waals surface area contributed by atoms with Gasteiger partial charge in [-0.3, -0.25) is 4.79 Å². The van der Waals surface area contributed by atoms with Crippen LogP contribution in [0.15, 0.2) is 12.1 Å². The Balaban J connectivity index is 3.76. The first-order valence-corrected chi connectivity index (χ1v) is 4.26. The molecule has 1 aromatic rings. The SMILES string of the molecule is NC(=O)c1cc(O)cc(C(F)(F)F)c1C(F)(F)F. The Bertz CT molecular complexity index is 491. The Hall–Kier alpha value is -1.93. The molecule has 0 radical (unpaired) electrons. The number of hydrogen-bond acceptors (Lipinski definition) is 2. The summed E-state index contributed by atoms with van der Waals surface area (Å²) >= 11 is 0. The molecule has 1 rings (SSSR count). The predicted molar refractivity (Wildman–Crippen MR) is 46.6 cm³/mol. The summed E-state index contributed by atoms with van der Waals surface area (Å²) in [5, 5.41) is 8.92. The number of hydrogen-bond donors (Lipinski definition) is 2. The first-order valence-electron chi connectivity index (χ1n) is 4.26. The third kappa shape index (κ3) is 2.66. The maximum Gasteiger partial charge on any atom is 0.417 e. The van der Waals surface area contributed by atoms with Gasteiger partial charge in [0.05, 0.1) is 16.7 Å². The lowest BCUT2D eigenvalue weighted by molar-refractivity contribution is -0.162. The van der Waals surface area contributed by atoms with Gasteiger partial charge in [-0.05, 0) is 12.1 Å². The van der Waals surface area contributed by atoms with E-state index in [1.807, 2.05) is 0 Å². The third-order valence-electron chi connectivity index (χ3n) is 1.98. The van der Waals surface area contributed by atoms with Gasteiger partial charge in [0, 0.05) is 0 Å². The van der Waals surface area contributed by atoms with E-state index in [1.165, 1.54) is 0 Å². The van der Waals surface area contributed by atoms with Crippen molar-refractivity contribution in [2.24, 2.45) is 5.73 Å². The number of alkyl halides is 6. The van der Waals surface area contributed by atoms with Gasteiger partial charge in [-0.2, -0.15) is 26.3 Å². The molecule has 0 aromatic heterocycles. The highest BCUT2D eigenvalue weighted by atomic mass is 19.4. The molecule has 0 heterocycles. The largest absolute Gasteiger partial charge is 0.508 e. The van der Waals surface area contributed by atoms with Crippen molar-refractivity contribution in [1.29, 1.82) is 0 Å². The van der Waals surface area contributed by atoms with Gasteiger partial charge in [0.2, 0.25) is 5.91 Å². The normalized spacial score (nSPS) is 12.6. The molecule has 0 atom stereocenters. The van der Waals surface area contributed by atoms with Crippen LogP contribution in [0.5, 0.6) is 5.75 Å². The number of halogens is 6. The van der Waals surface area contributed by atoms with Gasteiger partial charge in [-0.25, -0.2) is 0 Å². The molecule has 0 aliphatic heterocycles. The summed E-state index contributed by atoms with van der Waals surface area (Å²) in [6, 6.07) is 0.121. The van der Waals surface area contributed by atoms with Crippen LogP contribution >= 0.6 is 0 Å². The lowest BCUT2D eigenvalue weighted by Gasteiger charge is -2.18. The van der Waals surface area contributed by atoms with Crippen LogP contribution in [0.1, 0.15) is 21.5 Å². The smallest absolute Gasteiger partial charge is 0.417 e. The Morgan fingerprint density at radius 1 is 1.06 bits per heavy atom. The molecular formula is C9H5F6NO2. The molecule has 3 nitrogen and oxygen atoms in total. The number of carbonyl (C=O) groups is 1. The van der Waals surface area contributed by atoms with Crippen LogP contribution in [0.2, 0.25) is 0 Å². The molecule has 0 unspecified atom stereocenters. The van der Waals surface area contributed by atoms with Crippen LogP contribution in [0, 0.1) is 0 Å². The van der Waals surface area contributed by atoms with Crippen LogP contribution < -0.4 is 5.73 Å². The first kappa shape index (κ1) is 14.1. The Labute approximate surface area is 95.8 Å². The van der Waals surface area contributed by atoms with E-state index in [1.54, 1.807) is 0 Å². The summed E-state index contributed by atoms with van der Waals surface area (Å²) in [5.74, 6) is -2.85. The number of benzene rings is 1. The second-order valence-corrected chi connectivity index (χ2v) is 3.28. The summed E-state index contributed by atoms with van der Waals surface area (Å²) in [5.41, 5.74) is -1.23. The first-order chi connectivity index (χ1) is 7.94. The summed E-state index contributed by atoms with van der Waals surface area (Å²) < 4.78 is 74.9. The van der Waals surface area contributed by atoms with Crippen molar-refractivity contribution >= 4 is 5.91 Å². The van der Waals surface area contributed by atoms with Crippen molar-refractivity contribution in [2.45, 2.75) is 12.4 Å². The molecule has 0 spiro atoms. The molecule has 0 fully saturated rings. The number of aromatic hydroxyl groups is 1. The Morgan fingerprint density at radius 3 is 1.89 bits per heavy atom. The van der Waals surface area contributed by atoms with Gasteiger partial charge in [-0.15, -0.1) is 0 Å². The van der Waals surface area contributed by atoms with Gasteiger partial charge >= 0.3 is 12.4 Å². The number of phenols is 1. The van der Waals surface area contributed by atoms with E-state index in [9.17, 15) is 31.1 Å². The Morgan fingerprint density at radius 2 is 1.56 bits per heavy atom. The molecule has 0 aliphatic rings. The standard InChI is InChI=1S/C9H5F6NO2/c10-8(11,12)5-2-3(17)1-4(7(16)18)6(5)9(13,14)15/h1-2,17H,(H2,16,18). The van der Waals surface area contributed by atoms with E-state index in [4.69, 9.17) is 5.11 Å². The van der Waals surface area contributed by atoms with Crippen molar-refractivity contribution in [3.8, 4) is 5.75 Å². The van der Waals surface area contributed by atoms with Crippen LogP contribution in [-0.4, -0.2) is 11.0 Å². The number of rotatable bonds is 1. The molecule has 9 heteroatoms. The van der Waals surface area contributed by atoms with Gasteiger partial charge < -0.3 is 10.8 Å². The summed E-state index contributed by atoms with van der Waals surface area (Å²) in [4.78, 5) is 10.7. The molecule has 0 aliphatic carbocycles. The number of primary amides is 1. The molecular weight excluding hydrogens is 268 g/mol. The zero-order valence-electron chi connectivity index (χ0n) is 8.36. The van der Waals surface area contributed by atoms with E-state index >= 15 is 0 Å². The highest BCUT2D eigenvalue weighted by molar-refractivity contribution is 5.95. The van der Waals surface area contributed by atoms with Crippen LogP contribution in [-0.2, 0) is 12.4 Å². The molecule has 0 saturated carbocycles. The summed E-state index contributed by atoms with van der Waals surface area (Å²) in [7, 11) is 0. The molecule has 1 amide bonds. The van der Waals surface area contributed by atoms with E-state index in [-0.39, 0.29) is 12.1 Å². The van der Waals surface area contributed by atoms with Crippen LogP contribution in [0.3, 0.4) is 0 Å². The predicted octanol–water partition coefficient (Wildman–Crippen LogP) is 2.53. The molecule has 18 heavy (non-hydrogen) atoms. The average molecular weight is 273 g/mol. The number of amides is 1. The van der Waals surface area contributed by atoms with Crippen molar-refractivity contribution in [2.75, 3.05) is 0 Å². The van der Waals surface area contributed by atoms with Gasteiger partial charge in [0.15, 0.2) is 0 Å². The molecule has 0 saturated heterocycles. The second kappa shape index (κ2) is 4.07. The quantitative estimate of drug-likeness (QED) is 0.772. The fourth-order valence-corrected chi connectivity index (χ4v) is 1.35. The highest BCUT2D eigenvalue weighted by Crippen LogP contribution is 2.43. The van der Waals surface area contributed by atoms with Crippen LogP contribution in [0.4, 0.5) is 26.3 Å². The molecule has 1 aromatic carbocycles. The van der Waals surface area contributed by atoms with Gasteiger partial charge in [0.25, 0.3) is 0 Å². The minimum absolute atomic E-state index is 0.116. The second-order valence-electron chi connectivity index (χ2n) is 3.28. The highest BCUT2D eigenvalue weighted by Gasteiger charge is 2.46. The Kier molecular flexibility index (Phi) is 3.20. The summed E-state index contributed by atoms with van der Waals surface area (Å²) in [6.45, 7) is 0. The fourth-order valence-electron chi connectivity index (χ4n) is 1.35. The van der Waals surface area contributed by atoms with Crippen molar-refractivity contribution < 1.29 is 36.2 Å². The van der Waals surface area contributed by atoms with E-state index in [0.717, 1.165) is 0 Å². The third-order valence-corrected chi connectivity index (χ3v) is 1.98. The molecule has 0 bridgehead atoms. The zero-order valence-corrected chi connectivity index (χ0v) is 8.36. The van der Waals surface area contributed by atoms with Crippen molar-refractivity contribution in [3.05, 3.63) is 28.8 Å². The van der Waals surface area contributed by atoms with Crippen LogP contribution in [0.25, 0.3) is 0 Å². The molecule has 100 valence electrons. The lowest BCUT2D eigenvalue weighted by atomic mass is 9.99. The monoisotopic (exact) mass is 273 g/mol.